The number of aromatic nitrogens is 1. The summed E-state index contributed by atoms with van der Waals surface area (Å²) in [6.07, 6.45) is -3.98. The second kappa shape index (κ2) is 7.27. The number of carboxylic acids is 1. The molecular weight excluding hydrogens is 419 g/mol. The minimum absolute atomic E-state index is 0.206. The van der Waals surface area contributed by atoms with E-state index in [4.69, 9.17) is 0 Å². The molecule has 4 aromatic rings. The van der Waals surface area contributed by atoms with Crippen LogP contribution >= 0.6 is 22.7 Å². The largest absolute Gasteiger partial charge is 0.477 e. The second-order valence-corrected chi connectivity index (χ2v) is 8.69. The summed E-state index contributed by atoms with van der Waals surface area (Å²) in [5, 5.41) is 10.9. The summed E-state index contributed by atoms with van der Waals surface area (Å²) < 4.78 is 39.8. The van der Waals surface area contributed by atoms with E-state index in [9.17, 15) is 23.1 Å². The molecule has 0 aliphatic carbocycles. The monoisotopic (exact) mass is 433 g/mol. The van der Waals surface area contributed by atoms with Gasteiger partial charge in [0.05, 0.1) is 11.3 Å². The smallest absolute Gasteiger partial charge is 0.416 e. The molecule has 0 radical (unpaired) electrons. The Hall–Kier alpha value is -2.71. The number of carbonyl (C=O) groups is 1. The first kappa shape index (κ1) is 19.6. The number of fused-ring (bicyclic) bond motifs is 1. The van der Waals surface area contributed by atoms with Crippen molar-refractivity contribution in [2.45, 2.75) is 19.5 Å². The lowest BCUT2D eigenvalue weighted by molar-refractivity contribution is -0.137. The molecule has 0 saturated heterocycles. The van der Waals surface area contributed by atoms with E-state index >= 15 is 0 Å². The van der Waals surface area contributed by atoms with E-state index in [1.54, 1.807) is 13.0 Å². The Morgan fingerprint density at radius 3 is 2.55 bits per heavy atom. The van der Waals surface area contributed by atoms with E-state index in [0.717, 1.165) is 37.9 Å². The number of benzene rings is 2. The summed E-state index contributed by atoms with van der Waals surface area (Å²) in [4.78, 5) is 16.9. The summed E-state index contributed by atoms with van der Waals surface area (Å²) in [5.41, 5.74) is 1.24. The summed E-state index contributed by atoms with van der Waals surface area (Å²) >= 11 is 2.61. The number of alkyl halides is 3. The average Bonchev–Trinajstić information content (AvgIpc) is 3.23. The number of hydrogen-bond donors (Lipinski definition) is 1. The third-order valence-electron chi connectivity index (χ3n) is 4.45. The van der Waals surface area contributed by atoms with Crippen LogP contribution in [0.15, 0.2) is 48.5 Å². The van der Waals surface area contributed by atoms with Gasteiger partial charge in [-0.25, -0.2) is 9.78 Å². The van der Waals surface area contributed by atoms with Gasteiger partial charge in [0.15, 0.2) is 0 Å². The number of aryl methyl sites for hydroxylation is 1. The van der Waals surface area contributed by atoms with E-state index in [0.29, 0.717) is 22.7 Å². The maximum atomic E-state index is 13.0. The number of hydrogen-bond acceptors (Lipinski definition) is 4. The number of carboxylic acid groups (broad SMARTS) is 1. The van der Waals surface area contributed by atoms with Gasteiger partial charge in [-0.2, -0.15) is 13.2 Å². The molecule has 0 aliphatic rings. The van der Waals surface area contributed by atoms with Crippen LogP contribution in [0.3, 0.4) is 0 Å². The van der Waals surface area contributed by atoms with Gasteiger partial charge in [0, 0.05) is 21.6 Å². The summed E-state index contributed by atoms with van der Waals surface area (Å²) in [7, 11) is 0. The maximum absolute atomic E-state index is 13.0. The molecule has 29 heavy (non-hydrogen) atoms. The van der Waals surface area contributed by atoms with Gasteiger partial charge in [-0.3, -0.25) is 0 Å². The fourth-order valence-electron chi connectivity index (χ4n) is 3.14. The number of halogens is 3. The number of thiophene rings is 1. The fourth-order valence-corrected chi connectivity index (χ4v) is 5.35. The van der Waals surface area contributed by atoms with Crippen LogP contribution in [0.2, 0.25) is 0 Å². The predicted molar refractivity (Wildman–Crippen MR) is 109 cm³/mol. The molecule has 0 saturated carbocycles. The maximum Gasteiger partial charge on any atom is 0.416 e. The third kappa shape index (κ3) is 3.90. The zero-order valence-electron chi connectivity index (χ0n) is 15.1. The van der Waals surface area contributed by atoms with E-state index < -0.39 is 17.7 Å². The van der Waals surface area contributed by atoms with Crippen LogP contribution < -0.4 is 0 Å². The van der Waals surface area contributed by atoms with Crippen molar-refractivity contribution in [3.05, 3.63) is 75.1 Å². The molecule has 0 bridgehead atoms. The van der Waals surface area contributed by atoms with Crippen LogP contribution in [-0.2, 0) is 12.6 Å². The van der Waals surface area contributed by atoms with E-state index in [1.165, 1.54) is 23.5 Å². The van der Waals surface area contributed by atoms with Crippen molar-refractivity contribution in [3.8, 4) is 10.6 Å². The lowest BCUT2D eigenvalue weighted by Gasteiger charge is -2.08. The Morgan fingerprint density at radius 2 is 1.86 bits per heavy atom. The Bertz CT molecular complexity index is 1220. The summed E-state index contributed by atoms with van der Waals surface area (Å²) in [6.45, 7) is 1.66. The van der Waals surface area contributed by atoms with Gasteiger partial charge in [0.2, 0.25) is 0 Å². The van der Waals surface area contributed by atoms with E-state index in [2.05, 4.69) is 4.98 Å². The zero-order valence-corrected chi connectivity index (χ0v) is 16.7. The Kier molecular flexibility index (Phi) is 4.92. The SMILES string of the molecule is Cc1nc(-c2cccc3cc(Cc4cccc(C(F)(F)F)c4)sc23)sc1C(=O)O. The third-order valence-corrected chi connectivity index (χ3v) is 6.81. The number of thiazole rings is 1. The standard InChI is InChI=1S/C21H14F3NO2S2/c1-11-17(20(26)27)29-19(25-11)16-7-3-5-13-10-15(28-18(13)16)9-12-4-2-6-14(8-12)21(22,23)24/h2-8,10H,9H2,1H3,(H,26,27). The van der Waals surface area contributed by atoms with Crippen LogP contribution in [-0.4, -0.2) is 16.1 Å². The first-order valence-electron chi connectivity index (χ1n) is 8.61. The van der Waals surface area contributed by atoms with Crippen LogP contribution in [0.4, 0.5) is 13.2 Å². The van der Waals surface area contributed by atoms with Crippen LogP contribution in [0.5, 0.6) is 0 Å². The molecule has 0 spiro atoms. The van der Waals surface area contributed by atoms with Gasteiger partial charge < -0.3 is 5.11 Å². The van der Waals surface area contributed by atoms with Crippen LogP contribution in [0.25, 0.3) is 20.7 Å². The Labute approximate surface area is 172 Å². The van der Waals surface area contributed by atoms with Crippen molar-refractivity contribution < 1.29 is 23.1 Å². The minimum atomic E-state index is -4.37. The molecule has 2 aromatic carbocycles. The van der Waals surface area contributed by atoms with Crippen LogP contribution in [0, 0.1) is 6.92 Å². The number of rotatable bonds is 4. The Balaban J connectivity index is 1.72. The highest BCUT2D eigenvalue weighted by Crippen LogP contribution is 2.38. The highest BCUT2D eigenvalue weighted by molar-refractivity contribution is 7.21. The molecule has 0 aliphatic heterocycles. The lowest BCUT2D eigenvalue weighted by atomic mass is 10.1. The van der Waals surface area contributed by atoms with Gasteiger partial charge in [0.25, 0.3) is 0 Å². The topological polar surface area (TPSA) is 50.2 Å². The molecule has 0 fully saturated rings. The molecule has 4 rings (SSSR count). The normalized spacial score (nSPS) is 11.9. The van der Waals surface area contributed by atoms with Gasteiger partial charge >= 0.3 is 12.1 Å². The quantitative estimate of drug-likeness (QED) is 0.392. The molecule has 0 amide bonds. The molecule has 0 unspecified atom stereocenters. The van der Waals surface area contributed by atoms with Crippen molar-refractivity contribution in [2.24, 2.45) is 0 Å². The zero-order chi connectivity index (χ0) is 20.8. The fraction of sp³-hybridized carbons (Fsp3) is 0.143. The number of aromatic carboxylic acids is 1. The Morgan fingerprint density at radius 1 is 1.10 bits per heavy atom. The first-order valence-corrected chi connectivity index (χ1v) is 10.2. The lowest BCUT2D eigenvalue weighted by Crippen LogP contribution is -2.05. The summed E-state index contributed by atoms with van der Waals surface area (Å²) in [6, 6.07) is 13.0. The summed E-state index contributed by atoms with van der Waals surface area (Å²) in [5.74, 6) is -1.00. The van der Waals surface area contributed by atoms with Crippen molar-refractivity contribution >= 4 is 38.7 Å². The van der Waals surface area contributed by atoms with Gasteiger partial charge in [-0.15, -0.1) is 22.7 Å². The average molecular weight is 433 g/mol. The molecule has 1 N–H and O–H groups in total. The van der Waals surface area contributed by atoms with Crippen molar-refractivity contribution in [2.75, 3.05) is 0 Å². The van der Waals surface area contributed by atoms with E-state index in [1.807, 2.05) is 24.3 Å². The first-order chi connectivity index (χ1) is 13.7. The predicted octanol–water partition coefficient (Wildman–Crippen LogP) is 6.64. The molecule has 148 valence electrons. The highest BCUT2D eigenvalue weighted by Gasteiger charge is 2.30. The van der Waals surface area contributed by atoms with E-state index in [-0.39, 0.29) is 4.88 Å². The molecule has 2 heterocycles. The van der Waals surface area contributed by atoms with Gasteiger partial charge in [0.1, 0.15) is 9.88 Å². The molecule has 3 nitrogen and oxygen atoms in total. The minimum Gasteiger partial charge on any atom is -0.477 e. The molecule has 8 heteroatoms. The molecular formula is C21H14F3NO2S2. The molecule has 0 atom stereocenters. The van der Waals surface area contributed by atoms with Crippen LogP contribution in [0.1, 0.15) is 31.4 Å². The van der Waals surface area contributed by atoms with Gasteiger partial charge in [-0.05, 0) is 30.0 Å². The molecule has 2 aromatic heterocycles. The van der Waals surface area contributed by atoms with Gasteiger partial charge in [-0.1, -0.05) is 36.4 Å². The number of nitrogens with zero attached hydrogens (tertiary/aromatic N) is 1. The van der Waals surface area contributed by atoms with Crippen molar-refractivity contribution in [3.63, 3.8) is 0 Å². The van der Waals surface area contributed by atoms with Crippen molar-refractivity contribution in [1.82, 2.24) is 4.98 Å². The highest BCUT2D eigenvalue weighted by atomic mass is 32.1. The second-order valence-electron chi connectivity index (χ2n) is 6.55. The van der Waals surface area contributed by atoms with Crippen molar-refractivity contribution in [1.29, 1.82) is 0 Å².